The van der Waals surface area contributed by atoms with Gasteiger partial charge in [0.15, 0.2) is 0 Å². The van der Waals surface area contributed by atoms with E-state index in [0.717, 1.165) is 5.56 Å². The number of aliphatic carboxylic acids is 1. The molecule has 2 N–H and O–H groups in total. The molecule has 0 radical (unpaired) electrons. The maximum Gasteiger partial charge on any atom is 0.313 e. The average Bonchev–Trinajstić information content (AvgIpc) is 2.60. The molecule has 0 unspecified atom stereocenters. The molecule has 1 amide bonds. The minimum atomic E-state index is -0.964. The molecule has 0 saturated heterocycles. The largest absolute Gasteiger partial charge is 0.481 e. The number of benzene rings is 2. The SMILES string of the molecule is CC(C)(C(=O)O)c1ccc(NC(=O)CCOCc2ccccc2)cc1. The standard InChI is InChI=1S/C20H23NO4/c1-20(2,19(23)24)16-8-10-17(11-9-16)21-18(22)12-13-25-14-15-6-4-3-5-7-15/h3-11H,12-14H2,1-2H3,(H,21,22)(H,23,24). The van der Waals surface area contributed by atoms with Crippen LogP contribution in [0.2, 0.25) is 0 Å². The third-order valence-electron chi connectivity index (χ3n) is 4.01. The summed E-state index contributed by atoms with van der Waals surface area (Å²) in [5.41, 5.74) is 1.43. The first-order valence-electron chi connectivity index (χ1n) is 8.15. The number of anilines is 1. The lowest BCUT2D eigenvalue weighted by Crippen LogP contribution is -2.28. The third-order valence-corrected chi connectivity index (χ3v) is 4.01. The number of rotatable bonds is 8. The number of amides is 1. The first kappa shape index (κ1) is 18.7. The molecule has 0 spiro atoms. The minimum absolute atomic E-state index is 0.140. The molecule has 5 heteroatoms. The number of carbonyl (C=O) groups is 2. The molecule has 0 heterocycles. The van der Waals surface area contributed by atoms with Crippen LogP contribution in [-0.2, 0) is 26.3 Å². The molecule has 25 heavy (non-hydrogen) atoms. The van der Waals surface area contributed by atoms with Crippen molar-refractivity contribution in [2.75, 3.05) is 11.9 Å². The number of carboxylic acid groups (broad SMARTS) is 1. The van der Waals surface area contributed by atoms with E-state index in [4.69, 9.17) is 4.74 Å². The summed E-state index contributed by atoms with van der Waals surface area (Å²) in [6, 6.07) is 16.6. The molecule has 0 aliphatic heterocycles. The van der Waals surface area contributed by atoms with Gasteiger partial charge in [-0.3, -0.25) is 9.59 Å². The van der Waals surface area contributed by atoms with E-state index >= 15 is 0 Å². The van der Waals surface area contributed by atoms with E-state index in [9.17, 15) is 14.7 Å². The topological polar surface area (TPSA) is 75.6 Å². The Hall–Kier alpha value is -2.66. The zero-order chi connectivity index (χ0) is 18.3. The molecule has 0 aromatic heterocycles. The first-order valence-corrected chi connectivity index (χ1v) is 8.15. The lowest BCUT2D eigenvalue weighted by atomic mass is 9.85. The Morgan fingerprint density at radius 3 is 2.28 bits per heavy atom. The summed E-state index contributed by atoms with van der Waals surface area (Å²) < 4.78 is 5.49. The van der Waals surface area contributed by atoms with E-state index in [1.807, 2.05) is 30.3 Å². The normalized spacial score (nSPS) is 11.1. The van der Waals surface area contributed by atoms with Gasteiger partial charge in [-0.15, -0.1) is 0 Å². The number of hydrogen-bond acceptors (Lipinski definition) is 3. The molecule has 5 nitrogen and oxygen atoms in total. The molecular formula is C20H23NO4. The number of hydrogen-bond donors (Lipinski definition) is 2. The number of ether oxygens (including phenoxy) is 1. The lowest BCUT2D eigenvalue weighted by molar-refractivity contribution is -0.142. The number of carbonyl (C=O) groups excluding carboxylic acids is 1. The molecule has 0 fully saturated rings. The highest BCUT2D eigenvalue weighted by molar-refractivity contribution is 5.91. The van der Waals surface area contributed by atoms with Crippen LogP contribution in [0.4, 0.5) is 5.69 Å². The second-order valence-corrected chi connectivity index (χ2v) is 6.34. The van der Waals surface area contributed by atoms with Crippen molar-refractivity contribution in [2.24, 2.45) is 0 Å². The van der Waals surface area contributed by atoms with Crippen molar-refractivity contribution in [3.05, 3.63) is 65.7 Å². The Kier molecular flexibility index (Phi) is 6.31. The molecule has 0 aliphatic rings. The van der Waals surface area contributed by atoms with Crippen molar-refractivity contribution in [1.82, 2.24) is 0 Å². The smallest absolute Gasteiger partial charge is 0.313 e. The van der Waals surface area contributed by atoms with Crippen molar-refractivity contribution < 1.29 is 19.4 Å². The average molecular weight is 341 g/mol. The van der Waals surface area contributed by atoms with E-state index in [1.54, 1.807) is 38.1 Å². The Balaban J connectivity index is 1.78. The molecule has 0 saturated carbocycles. The van der Waals surface area contributed by atoms with Gasteiger partial charge in [0.25, 0.3) is 0 Å². The summed E-state index contributed by atoms with van der Waals surface area (Å²) in [4.78, 5) is 23.2. The molecule has 0 bridgehead atoms. The van der Waals surface area contributed by atoms with Gasteiger partial charge in [-0.2, -0.15) is 0 Å². The number of nitrogens with one attached hydrogen (secondary N) is 1. The summed E-state index contributed by atoms with van der Waals surface area (Å²) in [5, 5.41) is 12.0. The predicted octanol–water partition coefficient (Wildman–Crippen LogP) is 3.59. The molecular weight excluding hydrogens is 318 g/mol. The van der Waals surface area contributed by atoms with Crippen LogP contribution in [0.3, 0.4) is 0 Å². The Morgan fingerprint density at radius 2 is 1.68 bits per heavy atom. The van der Waals surface area contributed by atoms with Crippen LogP contribution in [0.5, 0.6) is 0 Å². The van der Waals surface area contributed by atoms with E-state index in [1.165, 1.54) is 0 Å². The zero-order valence-electron chi connectivity index (χ0n) is 14.5. The van der Waals surface area contributed by atoms with Crippen LogP contribution in [0.15, 0.2) is 54.6 Å². The van der Waals surface area contributed by atoms with Crippen molar-refractivity contribution in [1.29, 1.82) is 0 Å². The van der Waals surface area contributed by atoms with Gasteiger partial charge in [-0.1, -0.05) is 42.5 Å². The Morgan fingerprint density at radius 1 is 1.04 bits per heavy atom. The summed E-state index contributed by atoms with van der Waals surface area (Å²) in [6.07, 6.45) is 0.259. The van der Waals surface area contributed by atoms with E-state index in [0.29, 0.717) is 24.5 Å². The van der Waals surface area contributed by atoms with Gasteiger partial charge in [0.05, 0.1) is 25.0 Å². The van der Waals surface area contributed by atoms with Gasteiger partial charge in [0.2, 0.25) is 5.91 Å². The van der Waals surface area contributed by atoms with Gasteiger partial charge in [0.1, 0.15) is 0 Å². The summed E-state index contributed by atoms with van der Waals surface area (Å²) in [7, 11) is 0. The number of carboxylic acids is 1. The highest BCUT2D eigenvalue weighted by Crippen LogP contribution is 2.24. The van der Waals surface area contributed by atoms with E-state index in [2.05, 4.69) is 5.32 Å². The fraction of sp³-hybridized carbons (Fsp3) is 0.300. The second-order valence-electron chi connectivity index (χ2n) is 6.34. The van der Waals surface area contributed by atoms with Crippen molar-refractivity contribution in [3.63, 3.8) is 0 Å². The van der Waals surface area contributed by atoms with Crippen LogP contribution in [-0.4, -0.2) is 23.6 Å². The van der Waals surface area contributed by atoms with Crippen LogP contribution in [0.25, 0.3) is 0 Å². The summed E-state index contributed by atoms with van der Waals surface area (Å²) >= 11 is 0. The quantitative estimate of drug-likeness (QED) is 0.720. The van der Waals surface area contributed by atoms with Crippen LogP contribution >= 0.6 is 0 Å². The molecule has 2 rings (SSSR count). The highest BCUT2D eigenvalue weighted by Gasteiger charge is 2.29. The van der Waals surface area contributed by atoms with Gasteiger partial charge < -0.3 is 15.2 Å². The van der Waals surface area contributed by atoms with Crippen molar-refractivity contribution >= 4 is 17.6 Å². The third kappa shape index (κ3) is 5.43. The summed E-state index contributed by atoms with van der Waals surface area (Å²) in [5.74, 6) is -1.03. The molecule has 132 valence electrons. The fourth-order valence-electron chi connectivity index (χ4n) is 2.25. The van der Waals surface area contributed by atoms with Crippen LogP contribution in [0.1, 0.15) is 31.4 Å². The van der Waals surface area contributed by atoms with Gasteiger partial charge in [-0.25, -0.2) is 0 Å². The molecule has 2 aromatic rings. The zero-order valence-corrected chi connectivity index (χ0v) is 14.5. The van der Waals surface area contributed by atoms with Crippen LogP contribution in [0, 0.1) is 0 Å². The minimum Gasteiger partial charge on any atom is -0.481 e. The van der Waals surface area contributed by atoms with Crippen molar-refractivity contribution in [3.8, 4) is 0 Å². The molecule has 0 atom stereocenters. The predicted molar refractivity (Wildman–Crippen MR) is 96.4 cm³/mol. The maximum atomic E-state index is 11.9. The molecule has 2 aromatic carbocycles. The van der Waals surface area contributed by atoms with Crippen LogP contribution < -0.4 is 5.32 Å². The van der Waals surface area contributed by atoms with Gasteiger partial charge >= 0.3 is 5.97 Å². The lowest BCUT2D eigenvalue weighted by Gasteiger charge is -2.19. The fourth-order valence-corrected chi connectivity index (χ4v) is 2.25. The monoisotopic (exact) mass is 341 g/mol. The molecule has 0 aliphatic carbocycles. The van der Waals surface area contributed by atoms with Gasteiger partial charge in [-0.05, 0) is 37.1 Å². The first-order chi connectivity index (χ1) is 11.9. The van der Waals surface area contributed by atoms with Gasteiger partial charge in [0, 0.05) is 5.69 Å². The maximum absolute atomic E-state index is 11.9. The Bertz CT molecular complexity index is 708. The van der Waals surface area contributed by atoms with Crippen molar-refractivity contribution in [2.45, 2.75) is 32.3 Å². The van der Waals surface area contributed by atoms with E-state index < -0.39 is 11.4 Å². The summed E-state index contributed by atoms with van der Waals surface area (Å²) in [6.45, 7) is 4.11. The second kappa shape index (κ2) is 8.44. The van der Waals surface area contributed by atoms with E-state index in [-0.39, 0.29) is 12.3 Å². The Labute approximate surface area is 147 Å². The highest BCUT2D eigenvalue weighted by atomic mass is 16.5.